The van der Waals surface area contributed by atoms with Crippen LogP contribution in [0.1, 0.15) is 90.5 Å². The van der Waals surface area contributed by atoms with Gasteiger partial charge in [0.25, 0.3) is 0 Å². The number of hydrogen-bond acceptors (Lipinski definition) is 1. The summed E-state index contributed by atoms with van der Waals surface area (Å²) in [6, 6.07) is 2.42. The second kappa shape index (κ2) is 3.67. The standard InChI is InChI=1S/C20H30O/c1-17(2)10-19(5,6)14-12(17)9-13-15(16(14)21)20(7,8)11-18(13,3)4/h9,21H,10-11H2,1-8H3. The molecule has 0 unspecified atom stereocenters. The number of phenolic OH excluding ortho intramolecular Hbond substituents is 1. The molecule has 1 heteroatoms. The van der Waals surface area contributed by atoms with Crippen LogP contribution >= 0.6 is 0 Å². The molecule has 116 valence electrons. The van der Waals surface area contributed by atoms with E-state index in [1.54, 1.807) is 0 Å². The first-order valence-electron chi connectivity index (χ1n) is 8.22. The second-order valence-corrected chi connectivity index (χ2v) is 9.96. The van der Waals surface area contributed by atoms with Crippen molar-refractivity contribution >= 4 is 0 Å². The van der Waals surface area contributed by atoms with Gasteiger partial charge in [0.2, 0.25) is 0 Å². The van der Waals surface area contributed by atoms with Crippen molar-refractivity contribution in [2.75, 3.05) is 0 Å². The van der Waals surface area contributed by atoms with Gasteiger partial charge in [-0.1, -0.05) is 61.5 Å². The van der Waals surface area contributed by atoms with E-state index in [1.165, 1.54) is 22.3 Å². The first-order valence-corrected chi connectivity index (χ1v) is 8.22. The molecule has 0 aromatic heterocycles. The molecule has 0 saturated heterocycles. The molecule has 21 heavy (non-hydrogen) atoms. The van der Waals surface area contributed by atoms with E-state index in [4.69, 9.17) is 0 Å². The molecule has 1 aromatic rings. The molecular weight excluding hydrogens is 256 g/mol. The third kappa shape index (κ3) is 1.82. The molecule has 0 radical (unpaired) electrons. The normalized spacial score (nSPS) is 26.5. The Bertz CT molecular complexity index is 577. The first-order chi connectivity index (χ1) is 9.30. The van der Waals surface area contributed by atoms with Crippen molar-refractivity contribution in [1.29, 1.82) is 0 Å². The molecule has 1 nitrogen and oxygen atoms in total. The van der Waals surface area contributed by atoms with Crippen LogP contribution in [0.15, 0.2) is 6.07 Å². The van der Waals surface area contributed by atoms with Gasteiger partial charge >= 0.3 is 0 Å². The molecule has 3 rings (SSSR count). The van der Waals surface area contributed by atoms with Crippen LogP contribution in [0.4, 0.5) is 0 Å². The highest BCUT2D eigenvalue weighted by Gasteiger charge is 2.50. The van der Waals surface area contributed by atoms with Crippen molar-refractivity contribution in [3.8, 4) is 5.75 Å². The Labute approximate surface area is 129 Å². The van der Waals surface area contributed by atoms with Gasteiger partial charge in [-0.15, -0.1) is 0 Å². The van der Waals surface area contributed by atoms with Crippen LogP contribution in [0, 0.1) is 0 Å². The van der Waals surface area contributed by atoms with Crippen LogP contribution in [0.5, 0.6) is 5.75 Å². The van der Waals surface area contributed by atoms with Gasteiger partial charge in [-0.3, -0.25) is 0 Å². The van der Waals surface area contributed by atoms with E-state index >= 15 is 0 Å². The van der Waals surface area contributed by atoms with Crippen molar-refractivity contribution in [2.45, 2.75) is 89.9 Å². The van der Waals surface area contributed by atoms with E-state index in [1.807, 2.05) is 0 Å². The van der Waals surface area contributed by atoms with Crippen molar-refractivity contribution in [1.82, 2.24) is 0 Å². The average molecular weight is 286 g/mol. The Morgan fingerprint density at radius 2 is 1.00 bits per heavy atom. The fourth-order valence-electron chi connectivity index (χ4n) is 5.68. The summed E-state index contributed by atoms with van der Waals surface area (Å²) in [7, 11) is 0. The fraction of sp³-hybridized carbons (Fsp3) is 0.700. The van der Waals surface area contributed by atoms with Crippen LogP contribution in [0.3, 0.4) is 0 Å². The lowest BCUT2D eigenvalue weighted by atomic mass is 9.79. The summed E-state index contributed by atoms with van der Waals surface area (Å²) >= 11 is 0. The van der Waals surface area contributed by atoms with Crippen molar-refractivity contribution in [2.24, 2.45) is 0 Å². The summed E-state index contributed by atoms with van der Waals surface area (Å²) in [5.41, 5.74) is 5.56. The highest BCUT2D eigenvalue weighted by molar-refractivity contribution is 5.63. The minimum atomic E-state index is 0.0563. The Morgan fingerprint density at radius 3 is 1.33 bits per heavy atom. The summed E-state index contributed by atoms with van der Waals surface area (Å²) in [6.45, 7) is 18.4. The zero-order valence-electron chi connectivity index (χ0n) is 14.9. The Morgan fingerprint density at radius 1 is 0.667 bits per heavy atom. The molecular formula is C20H30O. The minimum absolute atomic E-state index is 0.0563. The zero-order valence-corrected chi connectivity index (χ0v) is 14.9. The Hall–Kier alpha value is -0.980. The van der Waals surface area contributed by atoms with Crippen LogP contribution < -0.4 is 0 Å². The maximum Gasteiger partial charge on any atom is 0.123 e. The highest BCUT2D eigenvalue weighted by Crippen LogP contribution is 2.60. The number of phenols is 1. The largest absolute Gasteiger partial charge is 0.507 e. The number of fused-ring (bicyclic) bond motifs is 2. The van der Waals surface area contributed by atoms with Crippen LogP contribution in [0.2, 0.25) is 0 Å². The topological polar surface area (TPSA) is 20.2 Å². The van der Waals surface area contributed by atoms with E-state index in [0.29, 0.717) is 5.75 Å². The maximum absolute atomic E-state index is 11.2. The molecule has 0 bridgehead atoms. The third-order valence-electron chi connectivity index (χ3n) is 5.88. The molecule has 0 saturated carbocycles. The van der Waals surface area contributed by atoms with Crippen LogP contribution in [-0.4, -0.2) is 5.11 Å². The van der Waals surface area contributed by atoms with Gasteiger partial charge in [-0.25, -0.2) is 0 Å². The van der Waals surface area contributed by atoms with Crippen molar-refractivity contribution < 1.29 is 5.11 Å². The number of rotatable bonds is 0. The first kappa shape index (κ1) is 14.9. The quantitative estimate of drug-likeness (QED) is 0.685. The minimum Gasteiger partial charge on any atom is -0.507 e. The summed E-state index contributed by atoms with van der Waals surface area (Å²) in [4.78, 5) is 0. The average Bonchev–Trinajstić information content (AvgIpc) is 2.52. The molecule has 0 heterocycles. The van der Waals surface area contributed by atoms with Gasteiger partial charge in [0, 0.05) is 11.1 Å². The lowest BCUT2D eigenvalue weighted by molar-refractivity contribution is 0.375. The Balaban J connectivity index is 2.41. The van der Waals surface area contributed by atoms with E-state index in [0.717, 1.165) is 12.8 Å². The SMILES string of the molecule is CC1(C)CC(C)(C)c2c1cc1c(c2O)C(C)(C)CC1(C)C. The van der Waals surface area contributed by atoms with Gasteiger partial charge < -0.3 is 5.11 Å². The van der Waals surface area contributed by atoms with Crippen molar-refractivity contribution in [3.05, 3.63) is 28.3 Å². The summed E-state index contributed by atoms with van der Waals surface area (Å²) in [6.07, 6.45) is 2.21. The molecule has 0 amide bonds. The lowest BCUT2D eigenvalue weighted by Crippen LogP contribution is -2.19. The van der Waals surface area contributed by atoms with E-state index in [-0.39, 0.29) is 21.7 Å². The number of aromatic hydroxyl groups is 1. The predicted molar refractivity (Wildman–Crippen MR) is 89.4 cm³/mol. The Kier molecular flexibility index (Phi) is 2.61. The van der Waals surface area contributed by atoms with Crippen LogP contribution in [-0.2, 0) is 21.7 Å². The molecule has 1 aromatic carbocycles. The molecule has 2 aliphatic carbocycles. The zero-order chi connectivity index (χ0) is 16.0. The van der Waals surface area contributed by atoms with E-state index in [2.05, 4.69) is 61.5 Å². The highest BCUT2D eigenvalue weighted by atomic mass is 16.3. The summed E-state index contributed by atoms with van der Waals surface area (Å²) in [5.74, 6) is 0.591. The van der Waals surface area contributed by atoms with Gasteiger partial charge in [0.05, 0.1) is 0 Å². The predicted octanol–water partition coefficient (Wildman–Crippen LogP) is 5.31. The molecule has 2 aliphatic rings. The smallest absolute Gasteiger partial charge is 0.123 e. The maximum atomic E-state index is 11.2. The van der Waals surface area contributed by atoms with Gasteiger partial charge in [-0.2, -0.15) is 0 Å². The molecule has 0 spiro atoms. The molecule has 0 aliphatic heterocycles. The third-order valence-corrected chi connectivity index (χ3v) is 5.88. The fourth-order valence-corrected chi connectivity index (χ4v) is 5.68. The van der Waals surface area contributed by atoms with Gasteiger partial charge in [-0.05, 0) is 45.6 Å². The van der Waals surface area contributed by atoms with Gasteiger partial charge in [0.15, 0.2) is 0 Å². The molecule has 0 atom stereocenters. The summed E-state index contributed by atoms with van der Waals surface area (Å²) in [5, 5.41) is 11.2. The van der Waals surface area contributed by atoms with E-state index < -0.39 is 0 Å². The van der Waals surface area contributed by atoms with Gasteiger partial charge in [0.1, 0.15) is 5.75 Å². The lowest BCUT2D eigenvalue weighted by Gasteiger charge is -2.26. The van der Waals surface area contributed by atoms with Crippen molar-refractivity contribution in [3.63, 3.8) is 0 Å². The molecule has 1 N–H and O–H groups in total. The monoisotopic (exact) mass is 286 g/mol. The molecule has 0 fully saturated rings. The van der Waals surface area contributed by atoms with Crippen LogP contribution in [0.25, 0.3) is 0 Å². The number of hydrogen-bond donors (Lipinski definition) is 1. The second-order valence-electron chi connectivity index (χ2n) is 9.96. The summed E-state index contributed by atoms with van der Waals surface area (Å²) < 4.78 is 0. The van der Waals surface area contributed by atoms with E-state index in [9.17, 15) is 5.11 Å². The number of benzene rings is 1.